The normalized spacial score (nSPS) is 17.6. The highest BCUT2D eigenvalue weighted by molar-refractivity contribution is 8.03. The second-order valence-electron chi connectivity index (χ2n) is 10.4. The number of nitrogens with zero attached hydrogens (tertiary/aromatic N) is 2. The summed E-state index contributed by atoms with van der Waals surface area (Å²) in [7, 11) is 0. The Bertz CT molecular complexity index is 1890. The number of rotatable bonds is 7. The number of thiazole rings is 1. The first kappa shape index (κ1) is 26.4. The van der Waals surface area contributed by atoms with Gasteiger partial charge in [-0.1, -0.05) is 114 Å². The lowest BCUT2D eigenvalue weighted by atomic mass is 9.99. The fraction of sp³-hybridized carbons (Fsp3) is 0.114. The number of ketones is 2. The first-order valence-corrected chi connectivity index (χ1v) is 15.4. The van der Waals surface area contributed by atoms with Crippen LogP contribution in [0.15, 0.2) is 137 Å². The first-order chi connectivity index (χ1) is 20.6. The maximum Gasteiger partial charge on any atom is 0.239 e. The first-order valence-electron chi connectivity index (χ1n) is 13.8. The Morgan fingerprint density at radius 2 is 1.45 bits per heavy atom. The van der Waals surface area contributed by atoms with Crippen molar-refractivity contribution >= 4 is 50.6 Å². The van der Waals surface area contributed by atoms with Gasteiger partial charge in [0.05, 0.1) is 23.1 Å². The molecule has 1 atom stereocenters. The van der Waals surface area contributed by atoms with E-state index in [2.05, 4.69) is 39.8 Å². The molecule has 42 heavy (non-hydrogen) atoms. The van der Waals surface area contributed by atoms with Crippen molar-refractivity contribution in [3.05, 3.63) is 148 Å². The van der Waals surface area contributed by atoms with E-state index in [1.54, 1.807) is 17.4 Å². The van der Waals surface area contributed by atoms with E-state index in [0.717, 1.165) is 42.0 Å². The lowest BCUT2D eigenvalue weighted by Crippen LogP contribution is -2.39. The third kappa shape index (κ3) is 4.85. The van der Waals surface area contributed by atoms with Crippen LogP contribution in [-0.2, 0) is 29.1 Å². The lowest BCUT2D eigenvalue weighted by Gasteiger charge is -2.21. The average Bonchev–Trinajstić information content (AvgIpc) is 3.61. The van der Waals surface area contributed by atoms with Gasteiger partial charge in [-0.25, -0.2) is 0 Å². The summed E-state index contributed by atoms with van der Waals surface area (Å²) in [6, 6.07) is 36.3. The Morgan fingerprint density at radius 1 is 0.786 bits per heavy atom. The highest BCUT2D eigenvalue weighted by Crippen LogP contribution is 2.47. The highest BCUT2D eigenvalue weighted by atomic mass is 32.2. The second-order valence-corrected chi connectivity index (χ2v) is 12.6. The molecule has 0 spiro atoms. The van der Waals surface area contributed by atoms with Gasteiger partial charge in [0.25, 0.3) is 0 Å². The molecular formula is C35H26N2O3S2. The highest BCUT2D eigenvalue weighted by Gasteiger charge is 2.39. The summed E-state index contributed by atoms with van der Waals surface area (Å²) >= 11 is 3.09. The molecular weight excluding hydrogens is 561 g/mol. The monoisotopic (exact) mass is 586 g/mol. The molecule has 7 heteroatoms. The maximum absolute atomic E-state index is 13.8. The summed E-state index contributed by atoms with van der Waals surface area (Å²) in [4.78, 5) is 30.3. The van der Waals surface area contributed by atoms with E-state index in [1.165, 1.54) is 11.8 Å². The van der Waals surface area contributed by atoms with Gasteiger partial charge in [0.1, 0.15) is 4.70 Å². The quantitative estimate of drug-likeness (QED) is 0.178. The Hall–Kier alpha value is -4.46. The van der Waals surface area contributed by atoms with Gasteiger partial charge in [-0.15, -0.1) is 0 Å². The number of carbonyl (C=O) groups excluding carboxylic acids is 2. The lowest BCUT2D eigenvalue weighted by molar-refractivity contribution is -0.665. The van der Waals surface area contributed by atoms with Gasteiger partial charge in [-0.2, -0.15) is 4.57 Å². The molecule has 7 rings (SSSR count). The van der Waals surface area contributed by atoms with Crippen LogP contribution in [0, 0.1) is 5.92 Å². The van der Waals surface area contributed by atoms with Crippen molar-refractivity contribution in [2.24, 2.45) is 5.92 Å². The number of carbonyl (C=O) groups is 2. The molecule has 2 heterocycles. The zero-order valence-electron chi connectivity index (χ0n) is 22.6. The van der Waals surface area contributed by atoms with Gasteiger partial charge in [0, 0.05) is 28.6 Å². The van der Waals surface area contributed by atoms with E-state index < -0.39 is 23.2 Å². The molecule has 5 aromatic rings. The van der Waals surface area contributed by atoms with Crippen LogP contribution in [0.25, 0.3) is 10.2 Å². The van der Waals surface area contributed by atoms with Crippen LogP contribution < -0.4 is 14.6 Å². The fourth-order valence-electron chi connectivity index (χ4n) is 5.59. The smallest absolute Gasteiger partial charge is 0.239 e. The number of Topliss-reactive ketones (excluding diaryl/α,β-unsaturated/α-hetero) is 2. The number of anilines is 1. The van der Waals surface area contributed by atoms with E-state index in [0.29, 0.717) is 13.1 Å². The Morgan fingerprint density at radius 3 is 2.24 bits per heavy atom. The molecule has 0 N–H and O–H groups in total. The van der Waals surface area contributed by atoms with Crippen molar-refractivity contribution in [1.82, 2.24) is 0 Å². The zero-order valence-corrected chi connectivity index (χ0v) is 24.2. The number of allylic oxidation sites excluding steroid dienone is 3. The van der Waals surface area contributed by atoms with Crippen molar-refractivity contribution in [1.29, 1.82) is 0 Å². The third-order valence-electron chi connectivity index (χ3n) is 7.70. The summed E-state index contributed by atoms with van der Waals surface area (Å²) in [6.45, 7) is 1.21. The second kappa shape index (κ2) is 11.1. The van der Waals surface area contributed by atoms with Gasteiger partial charge < -0.3 is 10.0 Å². The van der Waals surface area contributed by atoms with E-state index in [-0.39, 0.29) is 12.0 Å². The predicted octanol–water partition coefficient (Wildman–Crippen LogP) is 5.82. The summed E-state index contributed by atoms with van der Waals surface area (Å²) in [5.74, 6) is -2.72. The largest absolute Gasteiger partial charge is 0.870 e. The Kier molecular flexibility index (Phi) is 6.98. The van der Waals surface area contributed by atoms with Crippen LogP contribution in [0.4, 0.5) is 5.69 Å². The number of thioether (sulfide) groups is 1. The molecule has 0 bridgehead atoms. The molecule has 0 saturated carbocycles. The van der Waals surface area contributed by atoms with E-state index in [1.807, 2.05) is 78.9 Å². The molecule has 1 aliphatic heterocycles. The minimum absolute atomic E-state index is 0.0194. The number of fused-ring (bicyclic) bond motifs is 2. The number of para-hydroxylation sites is 2. The summed E-state index contributed by atoms with van der Waals surface area (Å²) in [5, 5.41) is 15.0. The molecule has 206 valence electrons. The van der Waals surface area contributed by atoms with E-state index in [4.69, 9.17) is 0 Å². The summed E-state index contributed by atoms with van der Waals surface area (Å²) in [5.41, 5.74) is 4.28. The van der Waals surface area contributed by atoms with E-state index in [9.17, 15) is 14.7 Å². The van der Waals surface area contributed by atoms with Crippen molar-refractivity contribution in [3.8, 4) is 0 Å². The topological polar surface area (TPSA) is 64.3 Å². The fourth-order valence-corrected chi connectivity index (χ4v) is 7.90. The maximum atomic E-state index is 13.8. The minimum Gasteiger partial charge on any atom is -0.870 e. The van der Waals surface area contributed by atoms with Crippen LogP contribution in [0.1, 0.15) is 16.1 Å². The van der Waals surface area contributed by atoms with Gasteiger partial charge in [0.2, 0.25) is 10.5 Å². The standard InChI is InChI=1S/C35H26N2O3S2/c38-33-25(19-31-36(21-23-11-3-1-4-12-23)27-15-7-9-17-29(27)41-31)34(39)35(40)26(33)20-32-37(22-24-13-5-2-6-14-24)28-16-8-10-18-30(28)42-32/h1-19,26H,20-22H2/b31-19-. The van der Waals surface area contributed by atoms with Crippen LogP contribution in [0.5, 0.6) is 0 Å². The zero-order chi connectivity index (χ0) is 28.6. The van der Waals surface area contributed by atoms with Crippen molar-refractivity contribution in [2.45, 2.75) is 24.4 Å². The predicted molar refractivity (Wildman–Crippen MR) is 165 cm³/mol. The number of benzene rings is 4. The summed E-state index contributed by atoms with van der Waals surface area (Å²) < 4.78 is 3.25. The molecule has 0 radical (unpaired) electrons. The number of hydrogen-bond donors (Lipinski definition) is 0. The third-order valence-corrected chi connectivity index (χ3v) is 10.0. The molecule has 0 fully saturated rings. The summed E-state index contributed by atoms with van der Waals surface area (Å²) in [6.07, 6.45) is 1.84. The van der Waals surface area contributed by atoms with Gasteiger partial charge in [0.15, 0.2) is 18.1 Å². The van der Waals surface area contributed by atoms with Crippen molar-refractivity contribution in [3.63, 3.8) is 0 Å². The van der Waals surface area contributed by atoms with Crippen LogP contribution in [0.2, 0.25) is 0 Å². The Labute approximate surface area is 252 Å². The molecule has 0 saturated heterocycles. The van der Waals surface area contributed by atoms with Crippen LogP contribution >= 0.6 is 23.1 Å². The molecule has 1 aromatic heterocycles. The van der Waals surface area contributed by atoms with Crippen LogP contribution in [0.3, 0.4) is 0 Å². The minimum atomic E-state index is -1.02. The molecule has 1 aliphatic carbocycles. The molecule has 5 nitrogen and oxygen atoms in total. The molecule has 4 aromatic carbocycles. The van der Waals surface area contributed by atoms with Gasteiger partial charge in [-0.05, 0) is 29.8 Å². The Balaban J connectivity index is 1.20. The van der Waals surface area contributed by atoms with Gasteiger partial charge >= 0.3 is 0 Å². The SMILES string of the molecule is O=C1C([O-])=C(/C=C2\Sc3ccccc3N2Cc2ccccc2)C(=O)C1Cc1sc2ccccc2[n+]1Cc1ccccc1. The average molecular weight is 587 g/mol. The van der Waals surface area contributed by atoms with Gasteiger partial charge in [-0.3, -0.25) is 9.59 Å². The molecule has 2 aliphatic rings. The molecule has 1 unspecified atom stereocenters. The van der Waals surface area contributed by atoms with E-state index >= 15 is 0 Å². The van der Waals surface area contributed by atoms with Crippen LogP contribution in [-0.4, -0.2) is 11.6 Å². The molecule has 0 amide bonds. The van der Waals surface area contributed by atoms with Crippen molar-refractivity contribution < 1.29 is 19.3 Å². The number of hydrogen-bond acceptors (Lipinski definition) is 6. The van der Waals surface area contributed by atoms with Crippen molar-refractivity contribution in [2.75, 3.05) is 4.90 Å². The number of aromatic nitrogens is 1.